The van der Waals surface area contributed by atoms with Gasteiger partial charge in [0.1, 0.15) is 6.42 Å². The zero-order chi connectivity index (χ0) is 15.7. The lowest BCUT2D eigenvalue weighted by atomic mass is 9.92. The van der Waals surface area contributed by atoms with Crippen LogP contribution in [0.3, 0.4) is 0 Å². The van der Waals surface area contributed by atoms with E-state index in [-0.39, 0.29) is 24.0 Å². The fourth-order valence-electron chi connectivity index (χ4n) is 3.32. The van der Waals surface area contributed by atoms with E-state index in [0.717, 1.165) is 19.3 Å². The molecule has 4 nitrogen and oxygen atoms in total. The average molecular weight is 327 g/mol. The van der Waals surface area contributed by atoms with Crippen LogP contribution in [0.5, 0.6) is 0 Å². The molecule has 1 aliphatic heterocycles. The molecule has 1 heterocycles. The highest BCUT2D eigenvalue weighted by molar-refractivity contribution is 7.91. The van der Waals surface area contributed by atoms with E-state index in [0.29, 0.717) is 12.8 Å². The summed E-state index contributed by atoms with van der Waals surface area (Å²) < 4.78 is 60.7. The van der Waals surface area contributed by atoms with E-state index in [1.165, 1.54) is 4.90 Å². The molecule has 122 valence electrons. The summed E-state index contributed by atoms with van der Waals surface area (Å²) in [4.78, 5) is 13.3. The summed E-state index contributed by atoms with van der Waals surface area (Å²) in [5.74, 6) is -1.22. The summed E-state index contributed by atoms with van der Waals surface area (Å²) in [5, 5.41) is 0. The first kappa shape index (κ1) is 16.6. The van der Waals surface area contributed by atoms with Gasteiger partial charge in [0, 0.05) is 12.1 Å². The predicted molar refractivity (Wildman–Crippen MR) is 71.4 cm³/mol. The van der Waals surface area contributed by atoms with E-state index >= 15 is 0 Å². The predicted octanol–water partition coefficient (Wildman–Crippen LogP) is 2.29. The number of carbonyl (C=O) groups is 1. The van der Waals surface area contributed by atoms with Crippen LogP contribution < -0.4 is 0 Å². The Balaban J connectivity index is 2.15. The van der Waals surface area contributed by atoms with E-state index in [1.54, 1.807) is 0 Å². The van der Waals surface area contributed by atoms with Gasteiger partial charge < -0.3 is 4.90 Å². The lowest BCUT2D eigenvalue weighted by Crippen LogP contribution is -2.49. The van der Waals surface area contributed by atoms with Crippen molar-refractivity contribution in [2.45, 2.75) is 63.2 Å². The number of amides is 1. The van der Waals surface area contributed by atoms with Gasteiger partial charge in [-0.05, 0) is 19.3 Å². The van der Waals surface area contributed by atoms with Crippen LogP contribution in [0.4, 0.5) is 13.2 Å². The zero-order valence-electron chi connectivity index (χ0n) is 11.7. The molecule has 0 aromatic carbocycles. The SMILES string of the molecule is O=C(CC(F)(F)F)N(C1CCCCC1)C1CCS(=O)(=O)C1. The molecule has 1 atom stereocenters. The molecule has 0 aromatic heterocycles. The van der Waals surface area contributed by atoms with Crippen molar-refractivity contribution in [1.29, 1.82) is 0 Å². The Morgan fingerprint density at radius 3 is 2.14 bits per heavy atom. The highest BCUT2D eigenvalue weighted by atomic mass is 32.2. The third kappa shape index (κ3) is 4.59. The van der Waals surface area contributed by atoms with E-state index in [4.69, 9.17) is 0 Å². The average Bonchev–Trinajstić information content (AvgIpc) is 2.69. The minimum Gasteiger partial charge on any atom is -0.335 e. The van der Waals surface area contributed by atoms with Crippen molar-refractivity contribution in [3.8, 4) is 0 Å². The molecule has 2 fully saturated rings. The largest absolute Gasteiger partial charge is 0.397 e. The fraction of sp³-hybridized carbons (Fsp3) is 0.923. The molecule has 0 spiro atoms. The summed E-state index contributed by atoms with van der Waals surface area (Å²) in [6.07, 6.45) is -1.70. The second kappa shape index (κ2) is 6.14. The fourth-order valence-corrected chi connectivity index (χ4v) is 5.03. The Labute approximate surface area is 122 Å². The molecular weight excluding hydrogens is 307 g/mol. The first-order valence-corrected chi connectivity index (χ1v) is 9.08. The van der Waals surface area contributed by atoms with Crippen molar-refractivity contribution < 1.29 is 26.4 Å². The van der Waals surface area contributed by atoms with Gasteiger partial charge in [0.25, 0.3) is 0 Å². The minimum atomic E-state index is -4.55. The number of carbonyl (C=O) groups excluding carboxylic acids is 1. The van der Waals surface area contributed by atoms with Crippen molar-refractivity contribution in [3.63, 3.8) is 0 Å². The molecule has 1 saturated carbocycles. The Morgan fingerprint density at radius 2 is 1.67 bits per heavy atom. The van der Waals surface area contributed by atoms with Gasteiger partial charge in [-0.2, -0.15) is 13.2 Å². The van der Waals surface area contributed by atoms with Gasteiger partial charge in [0.05, 0.1) is 11.5 Å². The maximum atomic E-state index is 12.5. The number of sulfone groups is 1. The van der Waals surface area contributed by atoms with E-state index in [1.807, 2.05) is 0 Å². The van der Waals surface area contributed by atoms with Crippen LogP contribution in [0, 0.1) is 0 Å². The lowest BCUT2D eigenvalue weighted by molar-refractivity contribution is -0.165. The zero-order valence-corrected chi connectivity index (χ0v) is 12.5. The summed E-state index contributed by atoms with van der Waals surface area (Å²) in [6, 6.07) is -0.833. The van der Waals surface area contributed by atoms with Crippen molar-refractivity contribution in [2.24, 2.45) is 0 Å². The number of hydrogen-bond donors (Lipinski definition) is 0. The van der Waals surface area contributed by atoms with Crippen LogP contribution in [-0.4, -0.2) is 49.0 Å². The van der Waals surface area contributed by atoms with Gasteiger partial charge in [0.15, 0.2) is 9.84 Å². The molecule has 1 amide bonds. The van der Waals surface area contributed by atoms with Gasteiger partial charge in [-0.15, -0.1) is 0 Å². The number of nitrogens with zero attached hydrogens (tertiary/aromatic N) is 1. The number of hydrogen-bond acceptors (Lipinski definition) is 3. The maximum Gasteiger partial charge on any atom is 0.397 e. The summed E-state index contributed by atoms with van der Waals surface area (Å²) in [5.41, 5.74) is 0. The second-order valence-corrected chi connectivity index (χ2v) is 8.17. The summed E-state index contributed by atoms with van der Waals surface area (Å²) >= 11 is 0. The molecule has 1 unspecified atom stereocenters. The van der Waals surface area contributed by atoms with E-state index < -0.39 is 34.4 Å². The molecule has 8 heteroatoms. The van der Waals surface area contributed by atoms with Crippen LogP contribution >= 0.6 is 0 Å². The van der Waals surface area contributed by atoms with Gasteiger partial charge in [-0.3, -0.25) is 4.79 Å². The smallest absolute Gasteiger partial charge is 0.335 e. The molecule has 0 bridgehead atoms. The molecule has 1 aliphatic carbocycles. The molecular formula is C13H20F3NO3S. The van der Waals surface area contributed by atoms with Crippen molar-refractivity contribution >= 4 is 15.7 Å². The van der Waals surface area contributed by atoms with E-state index in [2.05, 4.69) is 0 Å². The maximum absolute atomic E-state index is 12.5. The van der Waals surface area contributed by atoms with Gasteiger partial charge in [0.2, 0.25) is 5.91 Å². The number of halogens is 3. The quantitative estimate of drug-likeness (QED) is 0.799. The van der Waals surface area contributed by atoms with Crippen molar-refractivity contribution in [1.82, 2.24) is 4.90 Å². The van der Waals surface area contributed by atoms with Crippen LogP contribution in [0.25, 0.3) is 0 Å². The first-order chi connectivity index (χ1) is 9.68. The molecule has 21 heavy (non-hydrogen) atoms. The molecule has 0 radical (unpaired) electrons. The normalized spacial score (nSPS) is 26.7. The van der Waals surface area contributed by atoms with Crippen LogP contribution in [0.15, 0.2) is 0 Å². The van der Waals surface area contributed by atoms with Gasteiger partial charge in [-0.25, -0.2) is 8.42 Å². The highest BCUT2D eigenvalue weighted by Gasteiger charge is 2.42. The second-order valence-electron chi connectivity index (χ2n) is 5.94. The summed E-state index contributed by atoms with van der Waals surface area (Å²) in [6.45, 7) is 0. The third-order valence-electron chi connectivity index (χ3n) is 4.21. The van der Waals surface area contributed by atoms with Gasteiger partial charge in [-0.1, -0.05) is 19.3 Å². The monoisotopic (exact) mass is 327 g/mol. The highest BCUT2D eigenvalue weighted by Crippen LogP contribution is 2.31. The topological polar surface area (TPSA) is 54.5 Å². The molecule has 2 rings (SSSR count). The Hall–Kier alpha value is -0.790. The standard InChI is InChI=1S/C13H20F3NO3S/c14-13(15,16)8-12(18)17(10-4-2-1-3-5-10)11-6-7-21(19,20)9-11/h10-11H,1-9H2. The molecule has 0 N–H and O–H groups in total. The Kier molecular flexibility index (Phi) is 4.85. The summed E-state index contributed by atoms with van der Waals surface area (Å²) in [7, 11) is -3.23. The van der Waals surface area contributed by atoms with Gasteiger partial charge >= 0.3 is 6.18 Å². The Bertz CT molecular complexity index is 483. The Morgan fingerprint density at radius 1 is 1.05 bits per heavy atom. The van der Waals surface area contributed by atoms with Crippen molar-refractivity contribution in [2.75, 3.05) is 11.5 Å². The molecule has 0 aromatic rings. The molecule has 1 saturated heterocycles. The molecule has 2 aliphatic rings. The van der Waals surface area contributed by atoms with Crippen LogP contribution in [0.1, 0.15) is 44.9 Å². The van der Waals surface area contributed by atoms with Crippen molar-refractivity contribution in [3.05, 3.63) is 0 Å². The third-order valence-corrected chi connectivity index (χ3v) is 5.96. The number of alkyl halides is 3. The number of rotatable bonds is 3. The van der Waals surface area contributed by atoms with Crippen LogP contribution in [0.2, 0.25) is 0 Å². The first-order valence-electron chi connectivity index (χ1n) is 7.26. The minimum absolute atomic E-state index is 0.0415. The lowest BCUT2D eigenvalue weighted by Gasteiger charge is -2.38. The van der Waals surface area contributed by atoms with Crippen LogP contribution in [-0.2, 0) is 14.6 Å². The van der Waals surface area contributed by atoms with E-state index in [9.17, 15) is 26.4 Å².